The van der Waals surface area contributed by atoms with Crippen molar-refractivity contribution < 1.29 is 18.1 Å². The second-order valence-electron chi connectivity index (χ2n) is 4.30. The van der Waals surface area contributed by atoms with Crippen LogP contribution in [0.2, 0.25) is 0 Å². The van der Waals surface area contributed by atoms with Gasteiger partial charge in [0.15, 0.2) is 15.6 Å². The zero-order valence-corrected chi connectivity index (χ0v) is 11.8. The van der Waals surface area contributed by atoms with Gasteiger partial charge in [-0.25, -0.2) is 8.42 Å². The number of nitrogen functional groups attached to an aromatic ring is 1. The topological polar surface area (TPSA) is 113 Å². The molecule has 0 radical (unpaired) electrons. The van der Waals surface area contributed by atoms with E-state index in [2.05, 4.69) is 0 Å². The summed E-state index contributed by atoms with van der Waals surface area (Å²) >= 11 is 0. The molecule has 0 saturated carbocycles. The SMILES string of the molecule is CS(=O)(=O)c1cc(N)c([N+](=O)[O-])cc1Oc1ccccc1. The van der Waals surface area contributed by atoms with Gasteiger partial charge in [-0.2, -0.15) is 0 Å². The van der Waals surface area contributed by atoms with E-state index in [9.17, 15) is 18.5 Å². The molecule has 0 heterocycles. The molecule has 0 spiro atoms. The van der Waals surface area contributed by atoms with Gasteiger partial charge in [0, 0.05) is 6.26 Å². The molecular formula is C13H12N2O5S. The lowest BCUT2D eigenvalue weighted by atomic mass is 10.2. The highest BCUT2D eigenvalue weighted by molar-refractivity contribution is 7.90. The van der Waals surface area contributed by atoms with Crippen LogP contribution in [0, 0.1) is 10.1 Å². The van der Waals surface area contributed by atoms with Crippen molar-refractivity contribution in [2.75, 3.05) is 12.0 Å². The fourth-order valence-electron chi connectivity index (χ4n) is 1.71. The number of para-hydroxylation sites is 1. The van der Waals surface area contributed by atoms with E-state index in [4.69, 9.17) is 10.5 Å². The molecule has 2 rings (SSSR count). The second kappa shape index (κ2) is 5.41. The second-order valence-corrected chi connectivity index (χ2v) is 6.29. The van der Waals surface area contributed by atoms with Crippen molar-refractivity contribution in [3.8, 4) is 11.5 Å². The third kappa shape index (κ3) is 3.29. The minimum absolute atomic E-state index is 0.135. The van der Waals surface area contributed by atoms with E-state index in [-0.39, 0.29) is 16.3 Å². The zero-order valence-electron chi connectivity index (χ0n) is 11.0. The number of anilines is 1. The van der Waals surface area contributed by atoms with E-state index in [1.54, 1.807) is 30.3 Å². The van der Waals surface area contributed by atoms with Crippen LogP contribution in [0.25, 0.3) is 0 Å². The van der Waals surface area contributed by atoms with Crippen LogP contribution in [0.4, 0.5) is 11.4 Å². The van der Waals surface area contributed by atoms with Gasteiger partial charge in [0.05, 0.1) is 11.0 Å². The number of benzene rings is 2. The number of nitrogens with zero attached hydrogens (tertiary/aromatic N) is 1. The van der Waals surface area contributed by atoms with Gasteiger partial charge >= 0.3 is 0 Å². The number of ether oxygens (including phenoxy) is 1. The van der Waals surface area contributed by atoms with Gasteiger partial charge in [0.2, 0.25) is 0 Å². The van der Waals surface area contributed by atoms with Gasteiger partial charge in [-0.1, -0.05) is 18.2 Å². The predicted molar refractivity (Wildman–Crippen MR) is 77.1 cm³/mol. The lowest BCUT2D eigenvalue weighted by Gasteiger charge is -2.11. The summed E-state index contributed by atoms with van der Waals surface area (Å²) in [6.45, 7) is 0. The zero-order chi connectivity index (χ0) is 15.6. The molecule has 8 heteroatoms. The summed E-state index contributed by atoms with van der Waals surface area (Å²) in [7, 11) is -3.65. The molecule has 0 fully saturated rings. The molecule has 110 valence electrons. The van der Waals surface area contributed by atoms with E-state index in [1.807, 2.05) is 0 Å². The van der Waals surface area contributed by atoms with E-state index < -0.39 is 20.4 Å². The number of rotatable bonds is 4. The summed E-state index contributed by atoms with van der Waals surface area (Å²) in [5.74, 6) is 0.228. The summed E-state index contributed by atoms with van der Waals surface area (Å²) in [4.78, 5) is 10.0. The highest BCUT2D eigenvalue weighted by Crippen LogP contribution is 2.36. The molecule has 0 aliphatic heterocycles. The van der Waals surface area contributed by atoms with Crippen LogP contribution in [0.1, 0.15) is 0 Å². The minimum Gasteiger partial charge on any atom is -0.456 e. The van der Waals surface area contributed by atoms with Crippen molar-refractivity contribution in [2.45, 2.75) is 4.90 Å². The first-order valence-electron chi connectivity index (χ1n) is 5.80. The standard InChI is InChI=1S/C13H12N2O5S/c1-21(18,19)13-7-10(14)11(15(16)17)8-12(13)20-9-5-3-2-4-6-9/h2-8H,14H2,1H3. The Morgan fingerprint density at radius 1 is 1.19 bits per heavy atom. The van der Waals surface area contributed by atoms with Crippen LogP contribution in [-0.2, 0) is 9.84 Å². The number of nitrogens with two attached hydrogens (primary N) is 1. The predicted octanol–water partition coefficient (Wildman–Crippen LogP) is 2.37. The lowest BCUT2D eigenvalue weighted by molar-refractivity contribution is -0.384. The number of nitro groups is 1. The van der Waals surface area contributed by atoms with Crippen LogP contribution in [0.3, 0.4) is 0 Å². The van der Waals surface area contributed by atoms with Gasteiger partial charge in [-0.15, -0.1) is 0 Å². The molecule has 0 atom stereocenters. The lowest BCUT2D eigenvalue weighted by Crippen LogP contribution is -2.04. The molecule has 7 nitrogen and oxygen atoms in total. The third-order valence-corrected chi connectivity index (χ3v) is 3.78. The van der Waals surface area contributed by atoms with Crippen molar-refractivity contribution in [3.63, 3.8) is 0 Å². The quantitative estimate of drug-likeness (QED) is 0.527. The maximum Gasteiger partial charge on any atom is 0.295 e. The van der Waals surface area contributed by atoms with Crippen molar-refractivity contribution in [2.24, 2.45) is 0 Å². The number of hydrogen-bond donors (Lipinski definition) is 1. The van der Waals surface area contributed by atoms with Crippen LogP contribution < -0.4 is 10.5 Å². The molecule has 2 N–H and O–H groups in total. The Hall–Kier alpha value is -2.61. The highest BCUT2D eigenvalue weighted by atomic mass is 32.2. The molecule has 21 heavy (non-hydrogen) atoms. The average molecular weight is 308 g/mol. The highest BCUT2D eigenvalue weighted by Gasteiger charge is 2.23. The Kier molecular flexibility index (Phi) is 3.81. The monoisotopic (exact) mass is 308 g/mol. The summed E-state index contributed by atoms with van der Waals surface area (Å²) in [5, 5.41) is 10.9. The fourth-order valence-corrected chi connectivity index (χ4v) is 2.52. The minimum atomic E-state index is -3.65. The van der Waals surface area contributed by atoms with Gasteiger partial charge in [0.1, 0.15) is 16.3 Å². The van der Waals surface area contributed by atoms with E-state index in [0.717, 1.165) is 18.4 Å². The Balaban J connectivity index is 2.61. The molecule has 0 amide bonds. The van der Waals surface area contributed by atoms with Gasteiger partial charge < -0.3 is 10.5 Å². The average Bonchev–Trinajstić information content (AvgIpc) is 2.40. The van der Waals surface area contributed by atoms with Crippen molar-refractivity contribution in [1.29, 1.82) is 0 Å². The van der Waals surface area contributed by atoms with Crippen molar-refractivity contribution in [1.82, 2.24) is 0 Å². The summed E-state index contributed by atoms with van der Waals surface area (Å²) in [5.41, 5.74) is 4.88. The largest absolute Gasteiger partial charge is 0.456 e. The Morgan fingerprint density at radius 2 is 1.81 bits per heavy atom. The molecule has 0 aliphatic rings. The van der Waals surface area contributed by atoms with Gasteiger partial charge in [-0.05, 0) is 18.2 Å². The van der Waals surface area contributed by atoms with Crippen LogP contribution in [-0.4, -0.2) is 19.6 Å². The van der Waals surface area contributed by atoms with Crippen molar-refractivity contribution in [3.05, 3.63) is 52.6 Å². The van der Waals surface area contributed by atoms with E-state index >= 15 is 0 Å². The van der Waals surface area contributed by atoms with Gasteiger partial charge in [0.25, 0.3) is 5.69 Å². The van der Waals surface area contributed by atoms with Gasteiger partial charge in [-0.3, -0.25) is 10.1 Å². The fraction of sp³-hybridized carbons (Fsp3) is 0.0769. The first kappa shape index (κ1) is 14.8. The number of hydrogen-bond acceptors (Lipinski definition) is 6. The van der Waals surface area contributed by atoms with Crippen molar-refractivity contribution >= 4 is 21.2 Å². The molecule has 0 aromatic heterocycles. The summed E-state index contributed by atoms with van der Waals surface area (Å²) < 4.78 is 29.0. The van der Waals surface area contributed by atoms with E-state index in [1.165, 1.54) is 0 Å². The van der Waals surface area contributed by atoms with Crippen LogP contribution in [0.5, 0.6) is 11.5 Å². The molecule has 2 aromatic rings. The Bertz CT molecular complexity index is 788. The maximum atomic E-state index is 11.8. The molecular weight excluding hydrogens is 296 g/mol. The molecule has 0 unspecified atom stereocenters. The smallest absolute Gasteiger partial charge is 0.295 e. The van der Waals surface area contributed by atoms with Crippen LogP contribution >= 0.6 is 0 Å². The summed E-state index contributed by atoms with van der Waals surface area (Å²) in [6.07, 6.45) is 0.978. The van der Waals surface area contributed by atoms with Crippen LogP contribution in [0.15, 0.2) is 47.4 Å². The number of sulfone groups is 1. The molecule has 0 aliphatic carbocycles. The Morgan fingerprint density at radius 3 is 2.33 bits per heavy atom. The third-order valence-electron chi connectivity index (χ3n) is 2.66. The molecule has 2 aromatic carbocycles. The van der Waals surface area contributed by atoms with E-state index in [0.29, 0.717) is 5.75 Å². The first-order valence-corrected chi connectivity index (χ1v) is 7.69. The number of nitro benzene ring substituents is 1. The molecule has 0 bridgehead atoms. The maximum absolute atomic E-state index is 11.8. The molecule has 0 saturated heterocycles. The summed E-state index contributed by atoms with van der Waals surface area (Å²) in [6, 6.07) is 10.4. The Labute approximate surface area is 121 Å². The first-order chi connectivity index (χ1) is 9.79. The normalized spacial score (nSPS) is 11.1.